The normalized spacial score (nSPS) is 18.1. The Hall–Kier alpha value is -2.96. The Kier molecular flexibility index (Phi) is 9.55. The van der Waals surface area contributed by atoms with Crippen LogP contribution >= 0.6 is 15.9 Å². The van der Waals surface area contributed by atoms with Crippen molar-refractivity contribution >= 4 is 33.1 Å². The highest BCUT2D eigenvalue weighted by atomic mass is 79.9. The lowest BCUT2D eigenvalue weighted by Gasteiger charge is -2.19. The first-order chi connectivity index (χ1) is 17.7. The van der Waals surface area contributed by atoms with Crippen LogP contribution in [0.2, 0.25) is 0 Å². The van der Waals surface area contributed by atoms with E-state index in [9.17, 15) is 35.9 Å². The number of ether oxygens (including phenoxy) is 2. The van der Waals surface area contributed by atoms with E-state index in [2.05, 4.69) is 42.0 Å². The molecule has 206 valence electrons. The number of aromatic nitrogens is 2. The van der Waals surface area contributed by atoms with Crippen molar-refractivity contribution in [1.29, 1.82) is 0 Å². The van der Waals surface area contributed by atoms with E-state index in [4.69, 9.17) is 0 Å². The monoisotopic (exact) mass is 608 g/mol. The summed E-state index contributed by atoms with van der Waals surface area (Å²) >= 11 is 3.33. The number of hydrogen-bond acceptors (Lipinski definition) is 6. The van der Waals surface area contributed by atoms with Crippen LogP contribution in [-0.2, 0) is 9.59 Å². The van der Waals surface area contributed by atoms with Gasteiger partial charge >= 0.3 is 12.4 Å². The quantitative estimate of drug-likeness (QED) is 0.200. The van der Waals surface area contributed by atoms with Gasteiger partial charge in [-0.2, -0.15) is 36.3 Å². The van der Waals surface area contributed by atoms with Gasteiger partial charge in [0.2, 0.25) is 11.8 Å². The number of allylic oxidation sites excluding steroid dienone is 7. The summed E-state index contributed by atoms with van der Waals surface area (Å²) in [6.07, 6.45) is -0.0567. The summed E-state index contributed by atoms with van der Waals surface area (Å²) in [4.78, 5) is 33.3. The predicted molar refractivity (Wildman–Crippen MR) is 128 cm³/mol. The molecule has 1 heterocycles. The second-order valence-electron chi connectivity index (χ2n) is 8.82. The maximum absolute atomic E-state index is 13.5. The van der Waals surface area contributed by atoms with Gasteiger partial charge in [-0.05, 0) is 25.2 Å². The molecule has 13 heteroatoms. The van der Waals surface area contributed by atoms with Crippen LogP contribution in [0.15, 0.2) is 47.0 Å². The lowest BCUT2D eigenvalue weighted by atomic mass is 9.86. The number of carbonyl (C=O) groups excluding carboxylic acids is 2. The van der Waals surface area contributed by atoms with Gasteiger partial charge in [0.1, 0.15) is 5.78 Å². The highest BCUT2D eigenvalue weighted by Gasteiger charge is 2.32. The van der Waals surface area contributed by atoms with Crippen molar-refractivity contribution in [2.24, 2.45) is 11.8 Å². The van der Waals surface area contributed by atoms with E-state index in [1.807, 2.05) is 6.08 Å². The Morgan fingerprint density at radius 2 is 1.63 bits per heavy atom. The van der Waals surface area contributed by atoms with E-state index < -0.39 is 60.4 Å². The molecule has 3 rings (SSSR count). The molecule has 1 atom stereocenters. The van der Waals surface area contributed by atoms with Gasteiger partial charge in [0.25, 0.3) is 0 Å². The van der Waals surface area contributed by atoms with Crippen LogP contribution in [0.1, 0.15) is 37.9 Å². The van der Waals surface area contributed by atoms with Gasteiger partial charge in [0.05, 0.1) is 11.6 Å². The minimum Gasteiger partial charge on any atom is -0.468 e. The molecule has 2 aliphatic rings. The molecular formula is C25H23BrF6N2O4. The molecule has 0 saturated heterocycles. The summed E-state index contributed by atoms with van der Waals surface area (Å²) in [6.45, 7) is 0.0629. The minimum absolute atomic E-state index is 0.0182. The molecule has 1 aromatic heterocycles. The number of ketones is 2. The van der Waals surface area contributed by atoms with E-state index in [0.717, 1.165) is 17.3 Å². The molecule has 0 N–H and O–H groups in total. The highest BCUT2D eigenvalue weighted by Crippen LogP contribution is 2.34. The molecule has 0 bridgehead atoms. The fourth-order valence-corrected chi connectivity index (χ4v) is 3.80. The van der Waals surface area contributed by atoms with Crippen molar-refractivity contribution in [3.05, 3.63) is 52.8 Å². The van der Waals surface area contributed by atoms with E-state index in [1.165, 1.54) is 6.08 Å². The fourth-order valence-electron chi connectivity index (χ4n) is 3.46. The zero-order chi connectivity index (χ0) is 28.1. The number of halogens is 7. The van der Waals surface area contributed by atoms with Crippen LogP contribution < -0.4 is 9.47 Å². The number of rotatable bonds is 12. The Labute approximate surface area is 222 Å². The third kappa shape index (κ3) is 9.73. The first-order valence-electron chi connectivity index (χ1n) is 11.5. The summed E-state index contributed by atoms with van der Waals surface area (Å²) in [5, 5.41) is 0. The molecule has 1 fully saturated rings. The number of hydrogen-bond donors (Lipinski definition) is 0. The number of carbonyl (C=O) groups is 2. The molecule has 0 spiro atoms. The third-order valence-corrected chi connectivity index (χ3v) is 6.06. The van der Waals surface area contributed by atoms with Crippen LogP contribution in [0, 0.1) is 11.8 Å². The zero-order valence-electron chi connectivity index (χ0n) is 19.9. The molecule has 0 aliphatic heterocycles. The minimum atomic E-state index is -4.76. The van der Waals surface area contributed by atoms with Crippen LogP contribution in [0.25, 0.3) is 5.57 Å². The van der Waals surface area contributed by atoms with Crippen LogP contribution in [0.4, 0.5) is 26.3 Å². The van der Waals surface area contributed by atoms with Crippen molar-refractivity contribution in [2.75, 3.05) is 13.2 Å². The Morgan fingerprint density at radius 1 is 1.05 bits per heavy atom. The summed E-state index contributed by atoms with van der Waals surface area (Å²) in [5.74, 6) is -2.97. The van der Waals surface area contributed by atoms with Crippen molar-refractivity contribution < 1.29 is 45.4 Å². The molecule has 1 aromatic rings. The van der Waals surface area contributed by atoms with Crippen molar-refractivity contribution in [3.8, 4) is 11.8 Å². The van der Waals surface area contributed by atoms with E-state index in [0.29, 0.717) is 24.8 Å². The lowest BCUT2D eigenvalue weighted by Crippen LogP contribution is -2.22. The SMILES string of the molecule is C=C(C(=O)/C(=C\CC(=O)CC1CC1)C1C=CC(Br)=CC1)c1nc(OCC(F)(F)F)cc(OCC(F)(F)F)n1. The molecule has 38 heavy (non-hydrogen) atoms. The number of nitrogens with zero attached hydrogens (tertiary/aromatic N) is 2. The van der Waals surface area contributed by atoms with Gasteiger partial charge in [0.15, 0.2) is 24.8 Å². The Morgan fingerprint density at radius 3 is 2.11 bits per heavy atom. The molecule has 2 aliphatic carbocycles. The van der Waals surface area contributed by atoms with E-state index in [-0.39, 0.29) is 17.8 Å². The van der Waals surface area contributed by atoms with Crippen molar-refractivity contribution in [1.82, 2.24) is 9.97 Å². The zero-order valence-corrected chi connectivity index (χ0v) is 21.5. The van der Waals surface area contributed by atoms with Crippen LogP contribution in [0.5, 0.6) is 11.8 Å². The molecule has 6 nitrogen and oxygen atoms in total. The topological polar surface area (TPSA) is 78.4 Å². The van der Waals surface area contributed by atoms with Crippen molar-refractivity contribution in [2.45, 2.75) is 44.5 Å². The molecular weight excluding hydrogens is 586 g/mol. The maximum atomic E-state index is 13.5. The summed E-state index contributed by atoms with van der Waals surface area (Å²) in [7, 11) is 0. The predicted octanol–water partition coefficient (Wildman–Crippen LogP) is 6.48. The lowest BCUT2D eigenvalue weighted by molar-refractivity contribution is -0.154. The first kappa shape index (κ1) is 29.6. The number of Topliss-reactive ketones (excluding diaryl/α,β-unsaturated/α-hetero) is 2. The highest BCUT2D eigenvalue weighted by molar-refractivity contribution is 9.11. The Balaban J connectivity index is 1.89. The second kappa shape index (κ2) is 12.3. The molecule has 0 amide bonds. The van der Waals surface area contributed by atoms with E-state index >= 15 is 0 Å². The van der Waals surface area contributed by atoms with Gasteiger partial charge in [-0.3, -0.25) is 9.59 Å². The molecule has 0 aromatic carbocycles. The summed E-state index contributed by atoms with van der Waals surface area (Å²) in [6, 6.07) is 0.651. The first-order valence-corrected chi connectivity index (χ1v) is 12.3. The standard InChI is InChI=1S/C25H23BrF6N2O4/c1-14(23-33-20(37-12-24(27,28)29)11-21(34-23)38-13-25(30,31)32)22(36)19(16-4-6-17(26)7-5-16)9-8-18(35)10-15-2-3-15/h4,6-7,9,11,15-16H,1-3,5,8,10,12-13H2/b19-9-. The average molecular weight is 609 g/mol. The maximum Gasteiger partial charge on any atom is 0.422 e. The van der Waals surface area contributed by atoms with Crippen LogP contribution in [-0.4, -0.2) is 47.1 Å². The summed E-state index contributed by atoms with van der Waals surface area (Å²) < 4.78 is 85.7. The van der Waals surface area contributed by atoms with Gasteiger partial charge in [-0.25, -0.2) is 0 Å². The van der Waals surface area contributed by atoms with E-state index in [1.54, 1.807) is 12.2 Å². The molecule has 1 saturated carbocycles. The van der Waals surface area contributed by atoms with Gasteiger partial charge < -0.3 is 9.47 Å². The van der Waals surface area contributed by atoms with Crippen molar-refractivity contribution in [3.63, 3.8) is 0 Å². The molecule has 0 radical (unpaired) electrons. The van der Waals surface area contributed by atoms with Gasteiger partial charge in [-0.1, -0.05) is 46.8 Å². The fraction of sp³-hybridized carbons (Fsp3) is 0.440. The smallest absolute Gasteiger partial charge is 0.422 e. The van der Waals surface area contributed by atoms with Gasteiger partial charge in [0, 0.05) is 28.8 Å². The molecule has 1 unspecified atom stereocenters. The average Bonchev–Trinajstić information content (AvgIpc) is 3.65. The number of alkyl halides is 6. The van der Waals surface area contributed by atoms with Gasteiger partial charge in [-0.15, -0.1) is 0 Å². The summed E-state index contributed by atoms with van der Waals surface area (Å²) in [5.41, 5.74) is -0.239. The second-order valence-corrected chi connectivity index (χ2v) is 9.74. The Bertz CT molecular complexity index is 1130. The third-order valence-electron chi connectivity index (χ3n) is 5.47. The largest absolute Gasteiger partial charge is 0.468 e. The van der Waals surface area contributed by atoms with Crippen LogP contribution in [0.3, 0.4) is 0 Å².